The molecule has 1 fully saturated rings. The van der Waals surface area contributed by atoms with Gasteiger partial charge in [0.1, 0.15) is 6.04 Å². The maximum absolute atomic E-state index is 12.8. The van der Waals surface area contributed by atoms with Gasteiger partial charge in [-0.1, -0.05) is 31.9 Å². The largest absolute Gasteiger partial charge is 0.351 e. The van der Waals surface area contributed by atoms with Crippen molar-refractivity contribution in [3.05, 3.63) is 34.9 Å². The monoisotopic (exact) mass is 415 g/mol. The van der Waals surface area contributed by atoms with Crippen molar-refractivity contribution in [2.24, 2.45) is 5.92 Å². The number of nitrogens with zero attached hydrogens (tertiary/aromatic N) is 1. The van der Waals surface area contributed by atoms with E-state index < -0.39 is 12.5 Å². The third kappa shape index (κ3) is 6.71. The molecule has 2 N–H and O–H groups in total. The lowest BCUT2D eigenvalue weighted by atomic mass is 9.96. The summed E-state index contributed by atoms with van der Waals surface area (Å²) in [4.78, 5) is 27.0. The maximum atomic E-state index is 12.8. The molecule has 0 saturated carbocycles. The van der Waals surface area contributed by atoms with Gasteiger partial charge in [0, 0.05) is 29.7 Å². The summed E-state index contributed by atoms with van der Waals surface area (Å²) >= 11 is 5.85. The zero-order valence-electron chi connectivity index (χ0n) is 16.3. The van der Waals surface area contributed by atoms with Gasteiger partial charge in [0.15, 0.2) is 0 Å². The second-order valence-corrected chi connectivity index (χ2v) is 7.75. The molecule has 1 saturated heterocycles. The minimum Gasteiger partial charge on any atom is -0.351 e. The van der Waals surface area contributed by atoms with Gasteiger partial charge in [-0.25, -0.2) is 8.78 Å². The topological polar surface area (TPSA) is 61.4 Å². The fourth-order valence-corrected chi connectivity index (χ4v) is 3.40. The number of nitrogens with one attached hydrogen (secondary N) is 2. The first-order valence-electron chi connectivity index (χ1n) is 9.67. The van der Waals surface area contributed by atoms with Crippen molar-refractivity contribution in [1.29, 1.82) is 0 Å². The molecule has 1 aliphatic heterocycles. The van der Waals surface area contributed by atoms with Crippen molar-refractivity contribution in [2.45, 2.75) is 51.6 Å². The van der Waals surface area contributed by atoms with Gasteiger partial charge in [0.25, 0.3) is 12.3 Å². The first-order valence-corrected chi connectivity index (χ1v) is 10.0. The normalized spacial score (nSPS) is 17.9. The quantitative estimate of drug-likeness (QED) is 0.684. The third-order valence-electron chi connectivity index (χ3n) is 5.22. The number of piperidine rings is 1. The number of hydrogen-bond acceptors (Lipinski definition) is 3. The van der Waals surface area contributed by atoms with Crippen LogP contribution >= 0.6 is 11.6 Å². The van der Waals surface area contributed by atoms with E-state index in [0.29, 0.717) is 36.5 Å². The highest BCUT2D eigenvalue weighted by Gasteiger charge is 2.29. The highest BCUT2D eigenvalue weighted by atomic mass is 35.5. The van der Waals surface area contributed by atoms with Crippen LogP contribution < -0.4 is 10.6 Å². The molecule has 0 aromatic heterocycles. The van der Waals surface area contributed by atoms with Gasteiger partial charge < -0.3 is 10.6 Å². The fourth-order valence-electron chi connectivity index (χ4n) is 3.27. The van der Waals surface area contributed by atoms with E-state index in [1.807, 2.05) is 13.8 Å². The Morgan fingerprint density at radius 2 is 1.82 bits per heavy atom. The van der Waals surface area contributed by atoms with Crippen LogP contribution in [-0.4, -0.2) is 54.9 Å². The van der Waals surface area contributed by atoms with Crippen LogP contribution in [0.5, 0.6) is 0 Å². The van der Waals surface area contributed by atoms with Crippen molar-refractivity contribution in [3.8, 4) is 0 Å². The zero-order valence-corrected chi connectivity index (χ0v) is 17.0. The molecule has 0 bridgehead atoms. The predicted molar refractivity (Wildman–Crippen MR) is 106 cm³/mol. The van der Waals surface area contributed by atoms with Gasteiger partial charge in [-0.3, -0.25) is 14.5 Å². The molecule has 2 atom stereocenters. The zero-order chi connectivity index (χ0) is 20.7. The second kappa shape index (κ2) is 10.7. The van der Waals surface area contributed by atoms with Gasteiger partial charge in [0.05, 0.1) is 6.54 Å². The second-order valence-electron chi connectivity index (χ2n) is 7.32. The highest BCUT2D eigenvalue weighted by Crippen LogP contribution is 2.15. The molecule has 1 aromatic carbocycles. The van der Waals surface area contributed by atoms with E-state index in [4.69, 9.17) is 11.6 Å². The van der Waals surface area contributed by atoms with Crippen molar-refractivity contribution in [1.82, 2.24) is 15.5 Å². The summed E-state index contributed by atoms with van der Waals surface area (Å²) in [7, 11) is 0. The molecule has 8 heteroatoms. The number of carbonyl (C=O) groups excluding carboxylic acids is 2. The molecule has 1 aromatic rings. The van der Waals surface area contributed by atoms with Crippen molar-refractivity contribution < 1.29 is 18.4 Å². The van der Waals surface area contributed by atoms with E-state index in [9.17, 15) is 18.4 Å². The average Bonchev–Trinajstić information content (AvgIpc) is 2.67. The molecule has 5 nitrogen and oxygen atoms in total. The number of rotatable bonds is 8. The minimum absolute atomic E-state index is 0.0461. The van der Waals surface area contributed by atoms with Crippen LogP contribution in [0.4, 0.5) is 8.78 Å². The van der Waals surface area contributed by atoms with Gasteiger partial charge in [-0.05, 0) is 43.0 Å². The van der Waals surface area contributed by atoms with E-state index in [0.717, 1.165) is 6.42 Å². The Balaban J connectivity index is 1.94. The van der Waals surface area contributed by atoms with Crippen LogP contribution in [0.2, 0.25) is 5.02 Å². The molecular weight excluding hydrogens is 388 g/mol. The van der Waals surface area contributed by atoms with Gasteiger partial charge in [0.2, 0.25) is 5.91 Å². The summed E-state index contributed by atoms with van der Waals surface area (Å²) in [5.41, 5.74) is 0.436. The number of amides is 2. The summed E-state index contributed by atoms with van der Waals surface area (Å²) < 4.78 is 25.0. The molecule has 0 aliphatic carbocycles. The van der Waals surface area contributed by atoms with Crippen LogP contribution in [0, 0.1) is 5.92 Å². The molecule has 28 heavy (non-hydrogen) atoms. The Kier molecular flexibility index (Phi) is 8.63. The lowest BCUT2D eigenvalue weighted by Crippen LogP contribution is -2.54. The van der Waals surface area contributed by atoms with E-state index in [1.165, 1.54) is 0 Å². The first-order chi connectivity index (χ1) is 13.3. The van der Waals surface area contributed by atoms with E-state index in [2.05, 4.69) is 10.6 Å². The van der Waals surface area contributed by atoms with Gasteiger partial charge in [-0.2, -0.15) is 0 Å². The Bertz CT molecular complexity index is 649. The van der Waals surface area contributed by atoms with Crippen molar-refractivity contribution in [3.63, 3.8) is 0 Å². The molecule has 156 valence electrons. The number of carbonyl (C=O) groups is 2. The van der Waals surface area contributed by atoms with E-state index in [1.54, 1.807) is 29.2 Å². The minimum atomic E-state index is -2.34. The molecule has 0 radical (unpaired) electrons. The molecule has 1 heterocycles. The molecule has 2 unspecified atom stereocenters. The van der Waals surface area contributed by atoms with E-state index in [-0.39, 0.29) is 30.3 Å². The Morgan fingerprint density at radius 3 is 2.36 bits per heavy atom. The molecule has 0 spiro atoms. The summed E-state index contributed by atoms with van der Waals surface area (Å²) in [5, 5.41) is 6.34. The van der Waals surface area contributed by atoms with Gasteiger partial charge >= 0.3 is 0 Å². The number of halogens is 3. The lowest BCUT2D eigenvalue weighted by Gasteiger charge is -2.33. The number of alkyl halides is 2. The lowest BCUT2D eigenvalue weighted by molar-refractivity contribution is -0.125. The predicted octanol–water partition coefficient (Wildman–Crippen LogP) is 3.33. The van der Waals surface area contributed by atoms with Crippen LogP contribution in [0.1, 0.15) is 43.5 Å². The average molecular weight is 416 g/mol. The third-order valence-corrected chi connectivity index (χ3v) is 5.47. The van der Waals surface area contributed by atoms with Gasteiger partial charge in [-0.15, -0.1) is 0 Å². The van der Waals surface area contributed by atoms with Crippen LogP contribution in [0.25, 0.3) is 0 Å². The molecule has 2 amide bonds. The van der Waals surface area contributed by atoms with Crippen LogP contribution in [0.3, 0.4) is 0 Å². The van der Waals surface area contributed by atoms with Crippen LogP contribution in [-0.2, 0) is 4.79 Å². The molecule has 2 rings (SSSR count). The summed E-state index contributed by atoms with van der Waals surface area (Å²) in [6.07, 6.45) is -0.372. The Morgan fingerprint density at radius 1 is 1.21 bits per heavy atom. The van der Waals surface area contributed by atoms with Crippen molar-refractivity contribution in [2.75, 3.05) is 19.6 Å². The maximum Gasteiger partial charge on any atom is 0.251 e. The highest BCUT2D eigenvalue weighted by molar-refractivity contribution is 6.30. The molecular formula is C20H28ClF2N3O2. The fraction of sp³-hybridized carbons (Fsp3) is 0.600. The smallest absolute Gasteiger partial charge is 0.251 e. The number of hydrogen-bond donors (Lipinski definition) is 2. The van der Waals surface area contributed by atoms with Crippen LogP contribution in [0.15, 0.2) is 24.3 Å². The summed E-state index contributed by atoms with van der Waals surface area (Å²) in [5.74, 6) is -0.608. The van der Waals surface area contributed by atoms with E-state index >= 15 is 0 Å². The molecule has 1 aliphatic rings. The Hall–Kier alpha value is -1.73. The Labute approximate surface area is 169 Å². The number of likely N-dealkylation sites (tertiary alicyclic amines) is 1. The summed E-state index contributed by atoms with van der Waals surface area (Å²) in [6, 6.07) is 5.75. The standard InChI is InChI=1S/C20H28ClF2N3O2/c1-3-13(2)18(25-19(27)14-4-6-15(21)7-5-14)20(28)24-16-8-10-26(11-9-16)12-17(22)23/h4-7,13,16-18H,3,8-12H2,1-2H3,(H,24,28)(H,25,27). The SMILES string of the molecule is CCC(C)C(NC(=O)c1ccc(Cl)cc1)C(=O)NC1CCN(CC(F)F)CC1. The van der Waals surface area contributed by atoms with Crippen molar-refractivity contribution >= 4 is 23.4 Å². The summed E-state index contributed by atoms with van der Waals surface area (Å²) in [6.45, 7) is 4.70. The number of benzene rings is 1. The first kappa shape index (κ1) is 22.6.